The van der Waals surface area contributed by atoms with Gasteiger partial charge in [0.05, 0.1) is 0 Å². The number of rotatable bonds is 11. The maximum atomic E-state index is 13.6. The van der Waals surface area contributed by atoms with Crippen molar-refractivity contribution in [2.75, 3.05) is 25.0 Å². The number of aromatic nitrogens is 8. The Labute approximate surface area is 213 Å². The van der Waals surface area contributed by atoms with Crippen molar-refractivity contribution >= 4 is 11.7 Å². The number of hydrogen-bond acceptors (Lipinski definition) is 8. The molecular formula is C24H30FN11O. The number of nitrogens with zero attached hydrogens (tertiary/aromatic N) is 8. The lowest BCUT2D eigenvalue weighted by atomic mass is 10.1. The molecule has 194 valence electrons. The van der Waals surface area contributed by atoms with E-state index in [1.807, 2.05) is 12.1 Å². The zero-order valence-electron chi connectivity index (χ0n) is 21.1. The third-order valence-corrected chi connectivity index (χ3v) is 5.84. The van der Waals surface area contributed by atoms with Gasteiger partial charge >= 0.3 is 6.03 Å². The largest absolute Gasteiger partial charge is 0.338 e. The van der Waals surface area contributed by atoms with Crippen LogP contribution in [-0.4, -0.2) is 66.1 Å². The monoisotopic (exact) mass is 507 g/mol. The van der Waals surface area contributed by atoms with Crippen LogP contribution in [0.1, 0.15) is 24.0 Å². The Morgan fingerprint density at radius 3 is 2.14 bits per heavy atom. The first-order chi connectivity index (χ1) is 17.9. The first-order valence-corrected chi connectivity index (χ1v) is 12.0. The predicted octanol–water partition coefficient (Wildman–Crippen LogP) is 2.25. The van der Waals surface area contributed by atoms with E-state index in [9.17, 15) is 9.18 Å². The zero-order valence-corrected chi connectivity index (χ0v) is 21.1. The van der Waals surface area contributed by atoms with Crippen molar-refractivity contribution in [2.45, 2.75) is 26.2 Å². The Bertz CT molecular complexity index is 1290. The molecule has 2 aromatic carbocycles. The molecular weight excluding hydrogens is 477 g/mol. The van der Waals surface area contributed by atoms with Gasteiger partial charge < -0.3 is 16.0 Å². The summed E-state index contributed by atoms with van der Waals surface area (Å²) in [5.74, 6) is 0.919. The number of carbonyl (C=O) groups is 1. The fourth-order valence-electron chi connectivity index (χ4n) is 3.81. The van der Waals surface area contributed by atoms with Crippen molar-refractivity contribution in [2.24, 2.45) is 14.1 Å². The van der Waals surface area contributed by atoms with Crippen LogP contribution >= 0.6 is 0 Å². The molecule has 0 saturated heterocycles. The summed E-state index contributed by atoms with van der Waals surface area (Å²) in [6, 6.07) is 10.5. The van der Waals surface area contributed by atoms with E-state index in [1.54, 1.807) is 54.6 Å². The summed E-state index contributed by atoms with van der Waals surface area (Å²) < 4.78 is 16.7. The first kappa shape index (κ1) is 25.8. The normalized spacial score (nSPS) is 11.0. The molecule has 4 rings (SSSR count). The first-order valence-electron chi connectivity index (χ1n) is 12.0. The molecule has 0 fully saturated rings. The van der Waals surface area contributed by atoms with E-state index < -0.39 is 0 Å². The van der Waals surface area contributed by atoms with Crippen LogP contribution in [0.2, 0.25) is 0 Å². The highest BCUT2D eigenvalue weighted by atomic mass is 19.1. The highest BCUT2D eigenvalue weighted by Gasteiger charge is 2.14. The SMILES string of the molecule is Cc1ccc(CCNCCCCNC(=O)Nc2cc(-c3nnnn3C)cc(-c3nnnn3C)c2)cc1F. The van der Waals surface area contributed by atoms with E-state index in [2.05, 4.69) is 47.0 Å². The van der Waals surface area contributed by atoms with Gasteiger partial charge in [0.25, 0.3) is 0 Å². The number of urea groups is 1. The number of aryl methyl sites for hydroxylation is 3. The number of carbonyl (C=O) groups excluding carboxylic acids is 1. The van der Waals surface area contributed by atoms with Crippen LogP contribution in [0.5, 0.6) is 0 Å². The lowest BCUT2D eigenvalue weighted by Gasteiger charge is -2.11. The molecule has 0 atom stereocenters. The Morgan fingerprint density at radius 2 is 1.54 bits per heavy atom. The van der Waals surface area contributed by atoms with Gasteiger partial charge in [0.1, 0.15) is 5.82 Å². The second-order valence-electron chi connectivity index (χ2n) is 8.72. The topological polar surface area (TPSA) is 140 Å². The van der Waals surface area contributed by atoms with Gasteiger partial charge in [-0.3, -0.25) is 0 Å². The van der Waals surface area contributed by atoms with Gasteiger partial charge in [-0.1, -0.05) is 12.1 Å². The molecule has 3 N–H and O–H groups in total. The molecule has 13 heteroatoms. The summed E-state index contributed by atoms with van der Waals surface area (Å²) in [6.07, 6.45) is 2.49. The van der Waals surface area contributed by atoms with E-state index in [-0.39, 0.29) is 11.8 Å². The fraction of sp³-hybridized carbons (Fsp3) is 0.375. The molecule has 0 unspecified atom stereocenters. The number of tetrazole rings is 2. The minimum atomic E-state index is -0.315. The fourth-order valence-corrected chi connectivity index (χ4v) is 3.81. The third kappa shape index (κ3) is 6.91. The summed E-state index contributed by atoms with van der Waals surface area (Å²) in [7, 11) is 3.48. The van der Waals surface area contributed by atoms with Crippen molar-refractivity contribution in [1.29, 1.82) is 0 Å². The van der Waals surface area contributed by atoms with E-state index >= 15 is 0 Å². The smallest absolute Gasteiger partial charge is 0.319 e. The molecule has 2 amide bonds. The lowest BCUT2D eigenvalue weighted by molar-refractivity contribution is 0.252. The van der Waals surface area contributed by atoms with Crippen LogP contribution < -0.4 is 16.0 Å². The van der Waals surface area contributed by atoms with Gasteiger partial charge in [0.15, 0.2) is 11.6 Å². The van der Waals surface area contributed by atoms with Gasteiger partial charge in [0, 0.05) is 37.5 Å². The Balaban J connectivity index is 1.24. The molecule has 0 aliphatic carbocycles. The van der Waals surface area contributed by atoms with Crippen molar-refractivity contribution in [3.05, 3.63) is 53.3 Å². The maximum Gasteiger partial charge on any atom is 0.319 e. The van der Waals surface area contributed by atoms with Gasteiger partial charge in [0.2, 0.25) is 0 Å². The van der Waals surface area contributed by atoms with Gasteiger partial charge in [-0.15, -0.1) is 10.2 Å². The standard InChI is InChI=1S/C24H30FN11O/c1-16-6-7-17(12-21(16)25)8-11-26-9-4-5-10-27-24(37)28-20-14-18(22-29-31-33-35(22)2)13-19(15-20)23-30-32-34-36(23)3/h6-7,12-15,26H,4-5,8-11H2,1-3H3,(H2,27,28,37). The Hall–Kier alpha value is -4.26. The summed E-state index contributed by atoms with van der Waals surface area (Å²) in [5, 5.41) is 32.4. The van der Waals surface area contributed by atoms with Crippen molar-refractivity contribution < 1.29 is 9.18 Å². The number of amides is 2. The average Bonchev–Trinajstić information content (AvgIpc) is 3.50. The zero-order chi connectivity index (χ0) is 26.2. The number of halogens is 1. The van der Waals surface area contributed by atoms with E-state index in [0.717, 1.165) is 37.9 Å². The van der Waals surface area contributed by atoms with Crippen LogP contribution in [0, 0.1) is 12.7 Å². The highest BCUT2D eigenvalue weighted by molar-refractivity contribution is 5.91. The minimum Gasteiger partial charge on any atom is -0.338 e. The Kier molecular flexibility index (Phi) is 8.46. The second-order valence-corrected chi connectivity index (χ2v) is 8.72. The lowest BCUT2D eigenvalue weighted by Crippen LogP contribution is -2.30. The summed E-state index contributed by atoms with van der Waals surface area (Å²) in [5.41, 5.74) is 3.62. The molecule has 0 aliphatic heterocycles. The quantitative estimate of drug-likeness (QED) is 0.263. The van der Waals surface area contributed by atoms with Crippen molar-refractivity contribution in [1.82, 2.24) is 51.0 Å². The van der Waals surface area contributed by atoms with Gasteiger partial charge in [-0.05, 0) is 95.5 Å². The Morgan fingerprint density at radius 1 is 0.892 bits per heavy atom. The number of anilines is 1. The van der Waals surface area contributed by atoms with Crippen LogP contribution in [0.25, 0.3) is 22.8 Å². The van der Waals surface area contributed by atoms with E-state index in [1.165, 1.54) is 0 Å². The summed E-state index contributed by atoms with van der Waals surface area (Å²) in [4.78, 5) is 12.5. The maximum absolute atomic E-state index is 13.6. The van der Waals surface area contributed by atoms with Crippen molar-refractivity contribution in [3.8, 4) is 22.8 Å². The minimum absolute atomic E-state index is 0.166. The molecule has 2 aromatic heterocycles. The van der Waals surface area contributed by atoms with Crippen LogP contribution in [0.4, 0.5) is 14.9 Å². The third-order valence-electron chi connectivity index (χ3n) is 5.84. The molecule has 0 spiro atoms. The second kappa shape index (κ2) is 12.1. The van der Waals surface area contributed by atoms with E-state index in [0.29, 0.717) is 40.6 Å². The van der Waals surface area contributed by atoms with Crippen LogP contribution in [-0.2, 0) is 20.5 Å². The van der Waals surface area contributed by atoms with Crippen LogP contribution in [0.15, 0.2) is 36.4 Å². The van der Waals surface area contributed by atoms with E-state index in [4.69, 9.17) is 0 Å². The van der Waals surface area contributed by atoms with Gasteiger partial charge in [-0.25, -0.2) is 18.5 Å². The molecule has 4 aromatic rings. The molecule has 37 heavy (non-hydrogen) atoms. The number of nitrogens with one attached hydrogen (secondary N) is 3. The number of unbranched alkanes of at least 4 members (excludes halogenated alkanes) is 1. The highest BCUT2D eigenvalue weighted by Crippen LogP contribution is 2.27. The molecule has 0 aliphatic rings. The average molecular weight is 508 g/mol. The summed E-state index contributed by atoms with van der Waals surface area (Å²) in [6.45, 7) is 3.89. The predicted molar refractivity (Wildman–Crippen MR) is 136 cm³/mol. The molecule has 0 bridgehead atoms. The number of hydrogen-bond donors (Lipinski definition) is 3. The number of benzene rings is 2. The molecule has 2 heterocycles. The molecule has 12 nitrogen and oxygen atoms in total. The van der Waals surface area contributed by atoms with Crippen LogP contribution in [0.3, 0.4) is 0 Å². The van der Waals surface area contributed by atoms with Crippen molar-refractivity contribution in [3.63, 3.8) is 0 Å². The molecule has 0 radical (unpaired) electrons. The summed E-state index contributed by atoms with van der Waals surface area (Å²) >= 11 is 0. The molecule has 0 saturated carbocycles. The van der Waals surface area contributed by atoms with Gasteiger partial charge in [-0.2, -0.15) is 0 Å².